The third-order valence-corrected chi connectivity index (χ3v) is 7.93. The Hall–Kier alpha value is -2.94. The minimum absolute atomic E-state index is 0.0864. The normalized spacial score (nSPS) is 25.0. The van der Waals surface area contributed by atoms with Crippen LogP contribution in [0.15, 0.2) is 18.2 Å². The Morgan fingerprint density at radius 2 is 1.89 bits per heavy atom. The van der Waals surface area contributed by atoms with Gasteiger partial charge in [0.2, 0.25) is 11.8 Å². The van der Waals surface area contributed by atoms with Gasteiger partial charge in [0.25, 0.3) is 5.91 Å². The van der Waals surface area contributed by atoms with Gasteiger partial charge in [-0.2, -0.15) is 0 Å². The summed E-state index contributed by atoms with van der Waals surface area (Å²) in [6, 6.07) is 4.35. The largest absolute Gasteiger partial charge is 0.376 e. The predicted molar refractivity (Wildman–Crippen MR) is 134 cm³/mol. The Morgan fingerprint density at radius 1 is 1.14 bits per heavy atom. The molecule has 1 aromatic carbocycles. The van der Waals surface area contributed by atoms with Crippen molar-refractivity contribution in [1.82, 2.24) is 14.8 Å². The van der Waals surface area contributed by atoms with Gasteiger partial charge in [-0.15, -0.1) is 0 Å². The molecule has 2 aliphatic heterocycles. The van der Waals surface area contributed by atoms with Crippen molar-refractivity contribution in [3.8, 4) is 0 Å². The van der Waals surface area contributed by atoms with Crippen molar-refractivity contribution >= 4 is 34.3 Å². The van der Waals surface area contributed by atoms with Crippen molar-refractivity contribution in [2.24, 2.45) is 0 Å². The zero-order valence-corrected chi connectivity index (χ0v) is 21.1. The second-order valence-corrected chi connectivity index (χ2v) is 10.6. The molecule has 1 aliphatic carbocycles. The summed E-state index contributed by atoms with van der Waals surface area (Å²) < 4.78 is 21.9. The van der Waals surface area contributed by atoms with Crippen molar-refractivity contribution in [3.63, 3.8) is 0 Å². The number of hydrogen-bond acceptors (Lipinski definition) is 4. The fourth-order valence-electron chi connectivity index (χ4n) is 6.00. The zero-order chi connectivity index (χ0) is 25.4. The van der Waals surface area contributed by atoms with E-state index < -0.39 is 11.4 Å². The zero-order valence-electron chi connectivity index (χ0n) is 21.1. The molecule has 0 radical (unpaired) electrons. The molecule has 36 heavy (non-hydrogen) atoms. The van der Waals surface area contributed by atoms with E-state index in [0.717, 1.165) is 38.5 Å². The molecule has 0 spiro atoms. The van der Waals surface area contributed by atoms with Crippen molar-refractivity contribution in [2.75, 3.05) is 18.5 Å². The number of carbonyl (C=O) groups excluding carboxylic acids is 3. The summed E-state index contributed by atoms with van der Waals surface area (Å²) >= 11 is 0. The Morgan fingerprint density at radius 3 is 2.56 bits per heavy atom. The van der Waals surface area contributed by atoms with Crippen LogP contribution >= 0.6 is 0 Å². The van der Waals surface area contributed by atoms with Crippen LogP contribution in [0.25, 0.3) is 10.9 Å². The van der Waals surface area contributed by atoms with E-state index in [1.165, 1.54) is 31.9 Å². The first-order valence-electron chi connectivity index (χ1n) is 13.1. The number of aromatic nitrogens is 1. The lowest BCUT2D eigenvalue weighted by Gasteiger charge is -2.45. The third-order valence-electron chi connectivity index (χ3n) is 7.93. The van der Waals surface area contributed by atoms with Crippen LogP contribution < -0.4 is 10.6 Å². The van der Waals surface area contributed by atoms with Gasteiger partial charge >= 0.3 is 0 Å². The van der Waals surface area contributed by atoms with E-state index in [4.69, 9.17) is 4.74 Å². The quantitative estimate of drug-likeness (QED) is 0.610. The first kappa shape index (κ1) is 24.7. The molecule has 2 N–H and O–H groups in total. The van der Waals surface area contributed by atoms with E-state index in [0.29, 0.717) is 17.5 Å². The van der Waals surface area contributed by atoms with Crippen LogP contribution in [0.3, 0.4) is 0 Å². The molecule has 2 atom stereocenters. The number of ether oxygens (including phenoxy) is 1. The first-order valence-corrected chi connectivity index (χ1v) is 13.1. The van der Waals surface area contributed by atoms with Gasteiger partial charge in [-0.05, 0) is 50.8 Å². The molecule has 1 saturated carbocycles. The summed E-state index contributed by atoms with van der Waals surface area (Å²) in [5.74, 6) is -1.37. The minimum Gasteiger partial charge on any atom is -0.376 e. The van der Waals surface area contributed by atoms with Crippen LogP contribution in [0, 0.1) is 5.82 Å². The van der Waals surface area contributed by atoms with Gasteiger partial charge in [-0.25, -0.2) is 4.39 Å². The monoisotopic (exact) mass is 498 g/mol. The van der Waals surface area contributed by atoms with Crippen molar-refractivity contribution in [2.45, 2.75) is 89.4 Å². The topological polar surface area (TPSA) is 92.7 Å². The number of amides is 3. The van der Waals surface area contributed by atoms with Gasteiger partial charge in [-0.3, -0.25) is 14.4 Å². The Balaban J connectivity index is 1.59. The molecule has 2 fully saturated rings. The number of nitrogens with zero attached hydrogens (tertiary/aromatic N) is 2. The molecular weight excluding hydrogens is 463 g/mol. The number of nitrogens with one attached hydrogen (secondary N) is 2. The number of halogens is 1. The SMILES string of the molecule is CC(=O)Nc1c2n(c3ccc(F)cc13)CC(C)(C(=O)NC1CCCCCC1)N(CC1CCCO1)C2=O. The molecule has 1 aromatic heterocycles. The van der Waals surface area contributed by atoms with Crippen molar-refractivity contribution in [1.29, 1.82) is 0 Å². The van der Waals surface area contributed by atoms with E-state index in [-0.39, 0.29) is 54.3 Å². The predicted octanol–water partition coefficient (Wildman–Crippen LogP) is 3.97. The highest BCUT2D eigenvalue weighted by atomic mass is 19.1. The lowest BCUT2D eigenvalue weighted by molar-refractivity contribution is -0.134. The third kappa shape index (κ3) is 4.49. The highest BCUT2D eigenvalue weighted by Gasteiger charge is 2.50. The Bertz CT molecular complexity index is 1180. The summed E-state index contributed by atoms with van der Waals surface area (Å²) in [6.07, 6.45) is 7.96. The van der Waals surface area contributed by atoms with E-state index in [1.807, 2.05) is 6.92 Å². The van der Waals surface area contributed by atoms with Gasteiger partial charge in [0, 0.05) is 31.5 Å². The number of hydrogen-bond donors (Lipinski definition) is 2. The highest BCUT2D eigenvalue weighted by molar-refractivity contribution is 6.14. The molecule has 5 rings (SSSR count). The highest BCUT2D eigenvalue weighted by Crippen LogP contribution is 2.39. The van der Waals surface area contributed by atoms with E-state index in [2.05, 4.69) is 10.6 Å². The van der Waals surface area contributed by atoms with Crippen molar-refractivity contribution in [3.05, 3.63) is 29.7 Å². The van der Waals surface area contributed by atoms with Gasteiger partial charge in [0.1, 0.15) is 17.1 Å². The molecule has 2 unspecified atom stereocenters. The molecule has 1 saturated heterocycles. The summed E-state index contributed by atoms with van der Waals surface area (Å²) in [5.41, 5.74) is -0.0150. The lowest BCUT2D eigenvalue weighted by Crippen LogP contribution is -2.66. The molecule has 2 aromatic rings. The number of fused-ring (bicyclic) bond motifs is 3. The molecule has 194 valence electrons. The summed E-state index contributed by atoms with van der Waals surface area (Å²) in [7, 11) is 0. The fourth-order valence-corrected chi connectivity index (χ4v) is 6.00. The lowest BCUT2D eigenvalue weighted by atomic mass is 9.92. The van der Waals surface area contributed by atoms with Crippen molar-refractivity contribution < 1.29 is 23.5 Å². The van der Waals surface area contributed by atoms with Crippen LogP contribution in [-0.4, -0.2) is 58.0 Å². The Labute approximate surface area is 210 Å². The smallest absolute Gasteiger partial charge is 0.273 e. The van der Waals surface area contributed by atoms with Crippen LogP contribution in [0.4, 0.5) is 10.1 Å². The number of benzene rings is 1. The second kappa shape index (κ2) is 9.84. The van der Waals surface area contributed by atoms with E-state index >= 15 is 0 Å². The van der Waals surface area contributed by atoms with Gasteiger partial charge in [0.15, 0.2) is 0 Å². The molecule has 9 heteroatoms. The number of carbonyl (C=O) groups is 3. The van der Waals surface area contributed by atoms with E-state index in [9.17, 15) is 18.8 Å². The second-order valence-electron chi connectivity index (χ2n) is 10.6. The maximum Gasteiger partial charge on any atom is 0.273 e. The summed E-state index contributed by atoms with van der Waals surface area (Å²) in [5, 5.41) is 6.45. The standard InChI is InChI=1S/C27H35FN4O4/c1-17(33)29-23-21-14-18(28)11-12-22(21)31-16-27(2,26(35)30-19-8-5-3-4-6-9-19)32(25(34)24(23)31)15-20-10-7-13-36-20/h11-12,14,19-20H,3-10,13,15-16H2,1-2H3,(H,29,33)(H,30,35). The van der Waals surface area contributed by atoms with Crippen LogP contribution in [0.1, 0.15) is 75.7 Å². The molecule has 0 bridgehead atoms. The molecule has 8 nitrogen and oxygen atoms in total. The summed E-state index contributed by atoms with van der Waals surface area (Å²) in [6.45, 7) is 4.28. The first-order chi connectivity index (χ1) is 17.3. The van der Waals surface area contributed by atoms with Crippen LogP contribution in [0.2, 0.25) is 0 Å². The van der Waals surface area contributed by atoms with Gasteiger partial charge in [-0.1, -0.05) is 25.7 Å². The maximum atomic E-state index is 14.2. The van der Waals surface area contributed by atoms with Crippen LogP contribution in [0.5, 0.6) is 0 Å². The molecular formula is C27H35FN4O4. The summed E-state index contributed by atoms with van der Waals surface area (Å²) in [4.78, 5) is 41.7. The average molecular weight is 499 g/mol. The maximum absolute atomic E-state index is 14.2. The average Bonchev–Trinajstić information content (AvgIpc) is 3.35. The van der Waals surface area contributed by atoms with Gasteiger partial charge < -0.3 is 24.8 Å². The molecule has 3 aliphatic rings. The molecule has 3 heterocycles. The van der Waals surface area contributed by atoms with E-state index in [1.54, 1.807) is 15.5 Å². The van der Waals surface area contributed by atoms with Crippen LogP contribution in [-0.2, 0) is 20.9 Å². The number of rotatable bonds is 5. The fraction of sp³-hybridized carbons (Fsp3) is 0.593. The minimum atomic E-state index is -1.17. The van der Waals surface area contributed by atoms with Gasteiger partial charge in [0.05, 0.1) is 23.9 Å². The number of anilines is 1. The molecule has 3 amide bonds. The Kier molecular flexibility index (Phi) is 6.76.